The molecule has 1 atom stereocenters. The summed E-state index contributed by atoms with van der Waals surface area (Å²) >= 11 is 0. The minimum atomic E-state index is -0.240. The molecule has 1 aliphatic heterocycles. The molecule has 18 heavy (non-hydrogen) atoms. The first kappa shape index (κ1) is 15.5. The van der Waals surface area contributed by atoms with Crippen LogP contribution >= 0.6 is 0 Å². The van der Waals surface area contributed by atoms with Crippen LogP contribution in [0.1, 0.15) is 77.6 Å². The normalized spacial score (nSPS) is 18.4. The predicted octanol–water partition coefficient (Wildman–Crippen LogP) is 4.20. The van der Waals surface area contributed by atoms with Crippen LogP contribution in [-0.2, 0) is 14.3 Å². The fraction of sp³-hybridized carbons (Fsp3) is 0.933. The maximum Gasteiger partial charge on any atom is 0.308 e. The number of esters is 1. The molecule has 0 amide bonds. The van der Waals surface area contributed by atoms with E-state index in [2.05, 4.69) is 6.92 Å². The van der Waals surface area contributed by atoms with Gasteiger partial charge in [0.1, 0.15) is 0 Å². The summed E-state index contributed by atoms with van der Waals surface area (Å²) in [7, 11) is 0. The second-order valence-corrected chi connectivity index (χ2v) is 5.16. The Labute approximate surface area is 111 Å². The Hall–Kier alpha value is -0.570. The summed E-state index contributed by atoms with van der Waals surface area (Å²) in [6, 6.07) is 0. The molecule has 0 aliphatic carbocycles. The van der Waals surface area contributed by atoms with Gasteiger partial charge in [0, 0.05) is 12.8 Å². The monoisotopic (exact) mass is 256 g/mol. The van der Waals surface area contributed by atoms with E-state index in [0.717, 1.165) is 25.9 Å². The molecule has 0 aromatic rings. The first-order chi connectivity index (χ1) is 8.83. The van der Waals surface area contributed by atoms with Crippen molar-refractivity contribution < 1.29 is 14.3 Å². The Morgan fingerprint density at radius 1 is 1.06 bits per heavy atom. The van der Waals surface area contributed by atoms with Gasteiger partial charge in [0.2, 0.25) is 6.29 Å². The molecule has 0 aromatic carbocycles. The summed E-state index contributed by atoms with van der Waals surface area (Å²) in [4.78, 5) is 11.4. The molecule has 3 nitrogen and oxygen atoms in total. The fourth-order valence-corrected chi connectivity index (χ4v) is 2.09. The van der Waals surface area contributed by atoms with Gasteiger partial charge in [-0.1, -0.05) is 58.3 Å². The quantitative estimate of drug-likeness (QED) is 0.410. The highest BCUT2D eigenvalue weighted by Gasteiger charge is 2.21. The largest absolute Gasteiger partial charge is 0.436 e. The number of hydrogen-bond acceptors (Lipinski definition) is 3. The van der Waals surface area contributed by atoms with E-state index < -0.39 is 0 Å². The smallest absolute Gasteiger partial charge is 0.308 e. The number of hydrogen-bond donors (Lipinski definition) is 0. The van der Waals surface area contributed by atoms with Gasteiger partial charge in [0.25, 0.3) is 0 Å². The molecule has 0 bridgehead atoms. The highest BCUT2D eigenvalue weighted by Crippen LogP contribution is 2.14. The second kappa shape index (κ2) is 10.4. The molecule has 1 heterocycles. The van der Waals surface area contributed by atoms with Crippen molar-refractivity contribution in [3.63, 3.8) is 0 Å². The molecule has 1 unspecified atom stereocenters. The van der Waals surface area contributed by atoms with Crippen LogP contribution in [-0.4, -0.2) is 18.9 Å². The van der Waals surface area contributed by atoms with Gasteiger partial charge in [0.15, 0.2) is 0 Å². The van der Waals surface area contributed by atoms with Gasteiger partial charge in [-0.2, -0.15) is 0 Å². The molecule has 0 N–H and O–H groups in total. The Morgan fingerprint density at radius 2 is 1.61 bits per heavy atom. The predicted molar refractivity (Wildman–Crippen MR) is 72.3 cm³/mol. The van der Waals surface area contributed by atoms with Crippen molar-refractivity contribution in [2.24, 2.45) is 0 Å². The van der Waals surface area contributed by atoms with E-state index in [1.54, 1.807) is 0 Å². The van der Waals surface area contributed by atoms with Gasteiger partial charge in [-0.15, -0.1) is 0 Å². The lowest BCUT2D eigenvalue weighted by atomic mass is 10.1. The maximum absolute atomic E-state index is 11.4. The van der Waals surface area contributed by atoms with Crippen LogP contribution in [0.25, 0.3) is 0 Å². The van der Waals surface area contributed by atoms with Gasteiger partial charge in [-0.3, -0.25) is 4.79 Å². The van der Waals surface area contributed by atoms with Crippen molar-refractivity contribution >= 4 is 5.97 Å². The average molecular weight is 256 g/mol. The number of rotatable bonds is 11. The van der Waals surface area contributed by atoms with E-state index in [0.29, 0.717) is 6.42 Å². The summed E-state index contributed by atoms with van der Waals surface area (Å²) < 4.78 is 10.1. The standard InChI is InChI=1S/C15H28O3/c1-2-3-4-5-6-7-8-9-10-11-14(16)18-15-12-13-17-15/h15H,2-13H2,1H3. The third kappa shape index (κ3) is 7.70. The third-order valence-corrected chi connectivity index (χ3v) is 3.40. The van der Waals surface area contributed by atoms with E-state index in [1.165, 1.54) is 44.9 Å². The van der Waals surface area contributed by atoms with Crippen LogP contribution in [0.5, 0.6) is 0 Å². The summed E-state index contributed by atoms with van der Waals surface area (Å²) in [6.45, 7) is 2.98. The topological polar surface area (TPSA) is 35.5 Å². The van der Waals surface area contributed by atoms with Crippen LogP contribution in [0.15, 0.2) is 0 Å². The van der Waals surface area contributed by atoms with Crippen molar-refractivity contribution in [2.45, 2.75) is 83.8 Å². The lowest BCUT2D eigenvalue weighted by Gasteiger charge is -2.25. The zero-order valence-corrected chi connectivity index (χ0v) is 11.8. The highest BCUT2D eigenvalue weighted by atomic mass is 16.7. The van der Waals surface area contributed by atoms with Crippen LogP contribution < -0.4 is 0 Å². The van der Waals surface area contributed by atoms with E-state index >= 15 is 0 Å². The second-order valence-electron chi connectivity index (χ2n) is 5.16. The molecule has 0 aromatic heterocycles. The van der Waals surface area contributed by atoms with Crippen LogP contribution in [0, 0.1) is 0 Å². The molecule has 3 heteroatoms. The average Bonchev–Trinajstić information content (AvgIpc) is 2.32. The van der Waals surface area contributed by atoms with Crippen LogP contribution in [0.3, 0.4) is 0 Å². The Bertz CT molecular complexity index is 212. The van der Waals surface area contributed by atoms with Crippen molar-refractivity contribution in [2.75, 3.05) is 6.61 Å². The highest BCUT2D eigenvalue weighted by molar-refractivity contribution is 5.69. The molecule has 106 valence electrons. The number of carbonyl (C=O) groups excluding carboxylic acids is 1. The minimum Gasteiger partial charge on any atom is -0.436 e. The minimum absolute atomic E-state index is 0.0948. The first-order valence-electron chi connectivity index (χ1n) is 7.64. The van der Waals surface area contributed by atoms with E-state index in [1.807, 2.05) is 0 Å². The van der Waals surface area contributed by atoms with Crippen LogP contribution in [0.2, 0.25) is 0 Å². The summed E-state index contributed by atoms with van der Waals surface area (Å²) in [5.74, 6) is -0.0948. The molecule has 1 rings (SSSR count). The fourth-order valence-electron chi connectivity index (χ4n) is 2.09. The van der Waals surface area contributed by atoms with E-state index in [4.69, 9.17) is 9.47 Å². The lowest BCUT2D eigenvalue weighted by molar-refractivity contribution is -0.216. The van der Waals surface area contributed by atoms with Crippen LogP contribution in [0.4, 0.5) is 0 Å². The third-order valence-electron chi connectivity index (χ3n) is 3.40. The van der Waals surface area contributed by atoms with Gasteiger partial charge in [0.05, 0.1) is 6.61 Å². The molecule has 1 fully saturated rings. The molecular formula is C15H28O3. The Morgan fingerprint density at radius 3 is 2.11 bits per heavy atom. The van der Waals surface area contributed by atoms with E-state index in [-0.39, 0.29) is 12.3 Å². The summed E-state index contributed by atoms with van der Waals surface area (Å²) in [6.07, 6.45) is 12.6. The van der Waals surface area contributed by atoms with E-state index in [9.17, 15) is 4.79 Å². The molecule has 0 saturated carbocycles. The SMILES string of the molecule is CCCCCCCCCCCC(=O)OC1CCO1. The number of unbranched alkanes of at least 4 members (excludes halogenated alkanes) is 8. The molecule has 0 radical (unpaired) electrons. The van der Waals surface area contributed by atoms with Crippen molar-refractivity contribution in [1.82, 2.24) is 0 Å². The van der Waals surface area contributed by atoms with Crippen molar-refractivity contribution in [3.05, 3.63) is 0 Å². The molecule has 0 spiro atoms. The Kier molecular flexibility index (Phi) is 8.92. The first-order valence-corrected chi connectivity index (χ1v) is 7.64. The maximum atomic E-state index is 11.4. The van der Waals surface area contributed by atoms with Gasteiger partial charge < -0.3 is 9.47 Å². The zero-order chi connectivity index (χ0) is 13.1. The molecular weight excluding hydrogens is 228 g/mol. The van der Waals surface area contributed by atoms with Gasteiger partial charge in [-0.05, 0) is 6.42 Å². The lowest BCUT2D eigenvalue weighted by Crippen LogP contribution is -2.31. The Balaban J connectivity index is 1.76. The summed E-state index contributed by atoms with van der Waals surface area (Å²) in [5, 5.41) is 0. The molecule has 1 saturated heterocycles. The zero-order valence-electron chi connectivity index (χ0n) is 11.8. The number of carbonyl (C=O) groups is 1. The van der Waals surface area contributed by atoms with Gasteiger partial charge in [-0.25, -0.2) is 0 Å². The van der Waals surface area contributed by atoms with Gasteiger partial charge >= 0.3 is 5.97 Å². The summed E-state index contributed by atoms with van der Waals surface area (Å²) in [5.41, 5.74) is 0. The van der Waals surface area contributed by atoms with Crippen molar-refractivity contribution in [3.8, 4) is 0 Å². The van der Waals surface area contributed by atoms with Crippen molar-refractivity contribution in [1.29, 1.82) is 0 Å². The number of ether oxygens (including phenoxy) is 2. The molecule has 1 aliphatic rings.